The van der Waals surface area contributed by atoms with E-state index in [-0.39, 0.29) is 30.3 Å². The minimum absolute atomic E-state index is 0.0836. The first-order valence-corrected chi connectivity index (χ1v) is 8.80. The Balaban J connectivity index is 2.08. The number of amides is 2. The van der Waals surface area contributed by atoms with Crippen LogP contribution in [0.2, 0.25) is 5.02 Å². The highest BCUT2D eigenvalue weighted by Crippen LogP contribution is 2.23. The van der Waals surface area contributed by atoms with Crippen molar-refractivity contribution in [2.75, 3.05) is 19.6 Å². The summed E-state index contributed by atoms with van der Waals surface area (Å²) in [6.07, 6.45) is 1.75. The Kier molecular flexibility index (Phi) is 6.63. The van der Waals surface area contributed by atoms with Crippen LogP contribution in [0.15, 0.2) is 24.3 Å². The number of nitrogens with two attached hydrogens (primary N) is 1. The predicted molar refractivity (Wildman–Crippen MR) is 95.5 cm³/mol. The molecule has 1 aromatic rings. The van der Waals surface area contributed by atoms with Gasteiger partial charge in [0.15, 0.2) is 0 Å². The van der Waals surface area contributed by atoms with Crippen LogP contribution >= 0.6 is 11.6 Å². The summed E-state index contributed by atoms with van der Waals surface area (Å²) in [6.45, 7) is 6.16. The van der Waals surface area contributed by atoms with E-state index in [4.69, 9.17) is 17.3 Å². The lowest BCUT2D eigenvalue weighted by molar-refractivity contribution is -0.140. The van der Waals surface area contributed by atoms with E-state index in [0.29, 0.717) is 18.1 Å². The van der Waals surface area contributed by atoms with E-state index in [1.165, 1.54) is 0 Å². The minimum Gasteiger partial charge on any atom is -0.369 e. The topological polar surface area (TPSA) is 66.6 Å². The zero-order chi connectivity index (χ0) is 17.7. The summed E-state index contributed by atoms with van der Waals surface area (Å²) >= 11 is 6.25. The van der Waals surface area contributed by atoms with Gasteiger partial charge < -0.3 is 10.6 Å². The Hall–Kier alpha value is -1.59. The number of hydrogen-bond donors (Lipinski definition) is 1. The molecule has 2 amide bonds. The van der Waals surface area contributed by atoms with Crippen molar-refractivity contribution in [1.29, 1.82) is 0 Å². The van der Waals surface area contributed by atoms with Crippen LogP contribution in [0, 0.1) is 5.92 Å². The first kappa shape index (κ1) is 18.7. The molecule has 0 spiro atoms. The molecule has 0 aromatic heterocycles. The molecule has 2 N–H and O–H groups in total. The van der Waals surface area contributed by atoms with E-state index in [2.05, 4.69) is 0 Å². The maximum Gasteiger partial charge on any atom is 0.231 e. The Bertz CT molecular complexity index is 591. The van der Waals surface area contributed by atoms with E-state index in [0.717, 1.165) is 24.9 Å². The van der Waals surface area contributed by atoms with Crippen molar-refractivity contribution in [3.8, 4) is 0 Å². The van der Waals surface area contributed by atoms with Gasteiger partial charge in [0, 0.05) is 24.2 Å². The number of rotatable bonds is 6. The maximum atomic E-state index is 13.0. The maximum absolute atomic E-state index is 13.0. The number of carbonyl (C=O) groups excluding carboxylic acids is 2. The summed E-state index contributed by atoms with van der Waals surface area (Å²) in [7, 11) is 0. The van der Waals surface area contributed by atoms with Crippen LogP contribution in [0.4, 0.5) is 0 Å². The van der Waals surface area contributed by atoms with Crippen molar-refractivity contribution >= 4 is 23.4 Å². The molecule has 5 nitrogen and oxygen atoms in total. The summed E-state index contributed by atoms with van der Waals surface area (Å²) in [5.74, 6) is -0.318. The second-order valence-electron chi connectivity index (χ2n) is 6.69. The van der Waals surface area contributed by atoms with Crippen LogP contribution in [-0.4, -0.2) is 47.3 Å². The third-order valence-corrected chi connectivity index (χ3v) is 4.81. The van der Waals surface area contributed by atoms with Gasteiger partial charge in [-0.15, -0.1) is 0 Å². The molecule has 1 aliphatic rings. The largest absolute Gasteiger partial charge is 0.369 e. The lowest BCUT2D eigenvalue weighted by Crippen LogP contribution is -2.48. The van der Waals surface area contributed by atoms with Crippen molar-refractivity contribution in [3.05, 3.63) is 34.9 Å². The van der Waals surface area contributed by atoms with Gasteiger partial charge in [-0.1, -0.05) is 29.8 Å². The molecule has 24 heavy (non-hydrogen) atoms. The SMILES string of the molecule is CC(C)N(Cc1ccccc1Cl)C(=O)C1CCCN(CC(N)=O)C1. The summed E-state index contributed by atoms with van der Waals surface area (Å²) in [5, 5.41) is 0.676. The first-order valence-electron chi connectivity index (χ1n) is 8.43. The number of hydrogen-bond acceptors (Lipinski definition) is 3. The minimum atomic E-state index is -0.347. The quantitative estimate of drug-likeness (QED) is 0.855. The van der Waals surface area contributed by atoms with Gasteiger partial charge in [-0.25, -0.2) is 0 Å². The summed E-state index contributed by atoms with van der Waals surface area (Å²) in [4.78, 5) is 28.0. The molecule has 132 valence electrons. The molecule has 1 aromatic carbocycles. The van der Waals surface area contributed by atoms with Gasteiger partial charge >= 0.3 is 0 Å². The third kappa shape index (κ3) is 4.95. The van der Waals surface area contributed by atoms with Gasteiger partial charge in [0.1, 0.15) is 0 Å². The van der Waals surface area contributed by atoms with E-state index in [9.17, 15) is 9.59 Å². The van der Waals surface area contributed by atoms with Crippen LogP contribution in [-0.2, 0) is 16.1 Å². The van der Waals surface area contributed by atoms with Gasteiger partial charge in [-0.05, 0) is 44.9 Å². The summed E-state index contributed by atoms with van der Waals surface area (Å²) < 4.78 is 0. The van der Waals surface area contributed by atoms with Crippen LogP contribution < -0.4 is 5.73 Å². The molecule has 1 aliphatic heterocycles. The lowest BCUT2D eigenvalue weighted by Gasteiger charge is -2.36. The molecule has 6 heteroatoms. The number of primary amides is 1. The first-order chi connectivity index (χ1) is 11.4. The van der Waals surface area contributed by atoms with Crippen molar-refractivity contribution in [2.24, 2.45) is 11.7 Å². The van der Waals surface area contributed by atoms with Crippen LogP contribution in [0.1, 0.15) is 32.3 Å². The van der Waals surface area contributed by atoms with Crippen molar-refractivity contribution in [1.82, 2.24) is 9.80 Å². The molecule has 1 unspecified atom stereocenters. The second kappa shape index (κ2) is 8.49. The monoisotopic (exact) mass is 351 g/mol. The van der Waals surface area contributed by atoms with Gasteiger partial charge in [0.05, 0.1) is 12.5 Å². The highest BCUT2D eigenvalue weighted by atomic mass is 35.5. The number of likely N-dealkylation sites (tertiary alicyclic amines) is 1. The Morgan fingerprint density at radius 3 is 2.71 bits per heavy atom. The molecule has 0 radical (unpaired) electrons. The van der Waals surface area contributed by atoms with Gasteiger partial charge in [0.25, 0.3) is 0 Å². The van der Waals surface area contributed by atoms with Gasteiger partial charge in [-0.3, -0.25) is 14.5 Å². The average Bonchev–Trinajstić information content (AvgIpc) is 2.53. The van der Waals surface area contributed by atoms with Crippen LogP contribution in [0.5, 0.6) is 0 Å². The molecule has 0 saturated carbocycles. The zero-order valence-corrected chi connectivity index (χ0v) is 15.1. The number of halogens is 1. The summed E-state index contributed by atoms with van der Waals surface area (Å²) in [6, 6.07) is 7.69. The number of piperidine rings is 1. The van der Waals surface area contributed by atoms with Crippen LogP contribution in [0.25, 0.3) is 0 Å². The van der Waals surface area contributed by atoms with Crippen LogP contribution in [0.3, 0.4) is 0 Å². The van der Waals surface area contributed by atoms with Crippen molar-refractivity contribution in [3.63, 3.8) is 0 Å². The Labute approximate surface area is 148 Å². The molecule has 1 fully saturated rings. The molecule has 0 aliphatic carbocycles. The molecular formula is C18H26ClN3O2. The zero-order valence-electron chi connectivity index (χ0n) is 14.4. The fraction of sp³-hybridized carbons (Fsp3) is 0.556. The van der Waals surface area contributed by atoms with E-state index in [1.54, 1.807) is 0 Å². The molecule has 1 atom stereocenters. The van der Waals surface area contributed by atoms with Gasteiger partial charge in [-0.2, -0.15) is 0 Å². The molecular weight excluding hydrogens is 326 g/mol. The van der Waals surface area contributed by atoms with E-state index < -0.39 is 0 Å². The average molecular weight is 352 g/mol. The highest BCUT2D eigenvalue weighted by molar-refractivity contribution is 6.31. The fourth-order valence-electron chi connectivity index (χ4n) is 3.18. The van der Waals surface area contributed by atoms with E-state index >= 15 is 0 Å². The number of carbonyl (C=O) groups is 2. The molecule has 2 rings (SSSR count). The fourth-order valence-corrected chi connectivity index (χ4v) is 3.38. The van der Waals surface area contributed by atoms with Crippen molar-refractivity contribution in [2.45, 2.75) is 39.3 Å². The Morgan fingerprint density at radius 2 is 2.08 bits per heavy atom. The molecule has 1 heterocycles. The molecule has 1 saturated heterocycles. The number of nitrogens with zero attached hydrogens (tertiary/aromatic N) is 2. The van der Waals surface area contributed by atoms with Crippen molar-refractivity contribution < 1.29 is 9.59 Å². The van der Waals surface area contributed by atoms with Gasteiger partial charge in [0.2, 0.25) is 11.8 Å². The van der Waals surface area contributed by atoms with E-state index in [1.807, 2.05) is 47.9 Å². The Morgan fingerprint density at radius 1 is 1.38 bits per heavy atom. The summed E-state index contributed by atoms with van der Waals surface area (Å²) in [5.41, 5.74) is 6.23. The highest BCUT2D eigenvalue weighted by Gasteiger charge is 2.31. The second-order valence-corrected chi connectivity index (χ2v) is 7.10. The predicted octanol–water partition coefficient (Wildman–Crippen LogP) is 2.27. The standard InChI is InChI=1S/C18H26ClN3O2/c1-13(2)22(11-14-6-3-4-8-16(14)19)18(24)15-7-5-9-21(10-15)12-17(20)23/h3-4,6,8,13,15H,5,7,9-12H2,1-2H3,(H2,20,23). The number of benzene rings is 1. The normalized spacial score (nSPS) is 18.6. The smallest absolute Gasteiger partial charge is 0.231 e. The lowest BCUT2D eigenvalue weighted by atomic mass is 9.95. The molecule has 0 bridgehead atoms. The third-order valence-electron chi connectivity index (χ3n) is 4.44.